The van der Waals surface area contributed by atoms with E-state index in [1.807, 2.05) is 6.92 Å². The van der Waals surface area contributed by atoms with Gasteiger partial charge in [0, 0.05) is 0 Å². The number of hydrogen-bond acceptors (Lipinski definition) is 1. The van der Waals surface area contributed by atoms with Crippen LogP contribution in [0.25, 0.3) is 0 Å². The van der Waals surface area contributed by atoms with Gasteiger partial charge in [0.05, 0.1) is 6.61 Å². The van der Waals surface area contributed by atoms with Gasteiger partial charge in [-0.3, -0.25) is 0 Å². The van der Waals surface area contributed by atoms with Crippen molar-refractivity contribution in [2.24, 2.45) is 0 Å². The Morgan fingerprint density at radius 2 is 1.89 bits per heavy atom. The first-order chi connectivity index (χ1) is 8.65. The molecule has 1 rings (SSSR count). The molecule has 0 fully saturated rings. The molecule has 0 saturated carbocycles. The van der Waals surface area contributed by atoms with E-state index >= 15 is 0 Å². The average molecular weight is 246 g/mol. The first kappa shape index (κ1) is 14.8. The van der Waals surface area contributed by atoms with Crippen LogP contribution in [0.5, 0.6) is 5.75 Å². The maximum absolute atomic E-state index is 5.65. The maximum Gasteiger partial charge on any atom is 0.122 e. The number of ether oxygens (including phenoxy) is 1. The first-order valence-electron chi connectivity index (χ1n) is 6.99. The second kappa shape index (κ2) is 7.25. The van der Waals surface area contributed by atoms with Crippen molar-refractivity contribution >= 4 is 0 Å². The van der Waals surface area contributed by atoms with Crippen LogP contribution in [0.15, 0.2) is 24.3 Å². The van der Waals surface area contributed by atoms with Gasteiger partial charge in [-0.15, -0.1) is 0 Å². The van der Waals surface area contributed by atoms with Crippen LogP contribution < -0.4 is 4.74 Å². The normalized spacial score (nSPS) is 12.9. The Hall–Kier alpha value is -1.24. The van der Waals surface area contributed by atoms with Gasteiger partial charge in [-0.1, -0.05) is 25.1 Å². The SMILES string of the molecule is C/C=C\CC(CC)c1ccc(OCC)c(C)c1C. The van der Waals surface area contributed by atoms with Gasteiger partial charge < -0.3 is 4.74 Å². The highest BCUT2D eigenvalue weighted by Gasteiger charge is 2.14. The number of allylic oxidation sites excluding steroid dienone is 2. The van der Waals surface area contributed by atoms with Gasteiger partial charge in [-0.05, 0) is 69.2 Å². The fourth-order valence-corrected chi connectivity index (χ4v) is 2.38. The maximum atomic E-state index is 5.65. The molecule has 1 atom stereocenters. The lowest BCUT2D eigenvalue weighted by atomic mass is 9.88. The van der Waals surface area contributed by atoms with Crippen molar-refractivity contribution in [2.75, 3.05) is 6.61 Å². The molecular weight excluding hydrogens is 220 g/mol. The minimum atomic E-state index is 0.621. The van der Waals surface area contributed by atoms with Crippen LogP contribution >= 0.6 is 0 Å². The minimum absolute atomic E-state index is 0.621. The lowest BCUT2D eigenvalue weighted by Gasteiger charge is -2.19. The zero-order chi connectivity index (χ0) is 13.5. The molecular formula is C17H26O. The third-order valence-electron chi connectivity index (χ3n) is 3.67. The topological polar surface area (TPSA) is 9.23 Å². The predicted octanol–water partition coefficient (Wildman–Crippen LogP) is 5.16. The van der Waals surface area contributed by atoms with Gasteiger partial charge in [-0.25, -0.2) is 0 Å². The molecule has 100 valence electrons. The van der Waals surface area contributed by atoms with Gasteiger partial charge in [0.2, 0.25) is 0 Å². The number of hydrogen-bond donors (Lipinski definition) is 0. The van der Waals surface area contributed by atoms with Crippen LogP contribution in [0.2, 0.25) is 0 Å². The molecule has 1 unspecified atom stereocenters. The van der Waals surface area contributed by atoms with E-state index in [9.17, 15) is 0 Å². The van der Waals surface area contributed by atoms with Crippen molar-refractivity contribution in [3.8, 4) is 5.75 Å². The van der Waals surface area contributed by atoms with E-state index < -0.39 is 0 Å². The summed E-state index contributed by atoms with van der Waals surface area (Å²) in [6, 6.07) is 4.37. The summed E-state index contributed by atoms with van der Waals surface area (Å²) >= 11 is 0. The summed E-state index contributed by atoms with van der Waals surface area (Å²) in [5, 5.41) is 0. The van der Waals surface area contributed by atoms with E-state index in [2.05, 4.69) is 52.0 Å². The van der Waals surface area contributed by atoms with Gasteiger partial charge in [0.15, 0.2) is 0 Å². The van der Waals surface area contributed by atoms with Crippen molar-refractivity contribution < 1.29 is 4.74 Å². The molecule has 0 bridgehead atoms. The van der Waals surface area contributed by atoms with Crippen LogP contribution in [-0.2, 0) is 0 Å². The Labute approximate surface area is 112 Å². The first-order valence-corrected chi connectivity index (χ1v) is 6.99. The smallest absolute Gasteiger partial charge is 0.122 e. The Morgan fingerprint density at radius 3 is 2.44 bits per heavy atom. The van der Waals surface area contributed by atoms with E-state index in [-0.39, 0.29) is 0 Å². The highest BCUT2D eigenvalue weighted by molar-refractivity contribution is 5.45. The fraction of sp³-hybridized carbons (Fsp3) is 0.529. The average Bonchev–Trinajstić information content (AvgIpc) is 2.38. The molecule has 0 aliphatic rings. The molecule has 18 heavy (non-hydrogen) atoms. The van der Waals surface area contributed by atoms with E-state index in [4.69, 9.17) is 4.74 Å². The molecule has 0 heterocycles. The molecule has 1 aromatic rings. The summed E-state index contributed by atoms with van der Waals surface area (Å²) in [4.78, 5) is 0. The molecule has 0 radical (unpaired) electrons. The highest BCUT2D eigenvalue weighted by atomic mass is 16.5. The Bertz CT molecular complexity index is 404. The van der Waals surface area contributed by atoms with Crippen LogP contribution in [0.1, 0.15) is 56.2 Å². The highest BCUT2D eigenvalue weighted by Crippen LogP contribution is 2.32. The van der Waals surface area contributed by atoms with Crippen molar-refractivity contribution in [3.05, 3.63) is 41.0 Å². The standard InChI is InChI=1S/C17H26O/c1-6-9-10-15(7-2)16-11-12-17(18-8-3)14(5)13(16)4/h6,9,11-12,15H,7-8,10H2,1-5H3/b9-6-. The van der Waals surface area contributed by atoms with Crippen molar-refractivity contribution in [3.63, 3.8) is 0 Å². The summed E-state index contributed by atoms with van der Waals surface area (Å²) in [5.41, 5.74) is 4.14. The zero-order valence-electron chi connectivity index (χ0n) is 12.4. The van der Waals surface area contributed by atoms with Crippen molar-refractivity contribution in [1.82, 2.24) is 0 Å². The second-order valence-electron chi connectivity index (χ2n) is 4.75. The van der Waals surface area contributed by atoms with E-state index in [1.54, 1.807) is 0 Å². The number of benzene rings is 1. The summed E-state index contributed by atoms with van der Waals surface area (Å²) < 4.78 is 5.65. The van der Waals surface area contributed by atoms with Crippen LogP contribution in [-0.4, -0.2) is 6.61 Å². The zero-order valence-corrected chi connectivity index (χ0v) is 12.4. The molecule has 1 nitrogen and oxygen atoms in total. The molecule has 1 aromatic carbocycles. The summed E-state index contributed by atoms with van der Waals surface area (Å²) in [6.07, 6.45) is 6.71. The monoisotopic (exact) mass is 246 g/mol. The third kappa shape index (κ3) is 3.38. The Balaban J connectivity index is 3.05. The lowest BCUT2D eigenvalue weighted by molar-refractivity contribution is 0.337. The second-order valence-corrected chi connectivity index (χ2v) is 4.75. The quantitative estimate of drug-likeness (QED) is 0.630. The van der Waals surface area contributed by atoms with Crippen LogP contribution in [0.4, 0.5) is 0 Å². The Kier molecular flexibility index (Phi) is 5.97. The molecule has 0 aliphatic heterocycles. The largest absolute Gasteiger partial charge is 0.494 e. The summed E-state index contributed by atoms with van der Waals surface area (Å²) in [7, 11) is 0. The van der Waals surface area contributed by atoms with Gasteiger partial charge in [0.1, 0.15) is 5.75 Å². The number of rotatable bonds is 6. The molecule has 0 aromatic heterocycles. The summed E-state index contributed by atoms with van der Waals surface area (Å²) in [5.74, 6) is 1.65. The predicted molar refractivity (Wildman–Crippen MR) is 79.5 cm³/mol. The molecule has 0 amide bonds. The molecule has 0 N–H and O–H groups in total. The van der Waals surface area contributed by atoms with Gasteiger partial charge in [-0.2, -0.15) is 0 Å². The van der Waals surface area contributed by atoms with E-state index in [0.717, 1.165) is 18.8 Å². The van der Waals surface area contributed by atoms with Crippen LogP contribution in [0, 0.1) is 13.8 Å². The third-order valence-corrected chi connectivity index (χ3v) is 3.67. The van der Waals surface area contributed by atoms with Gasteiger partial charge in [0.25, 0.3) is 0 Å². The molecule has 1 heteroatoms. The van der Waals surface area contributed by atoms with Gasteiger partial charge >= 0.3 is 0 Å². The molecule has 0 spiro atoms. The fourth-order valence-electron chi connectivity index (χ4n) is 2.38. The van der Waals surface area contributed by atoms with Crippen molar-refractivity contribution in [2.45, 2.75) is 53.4 Å². The van der Waals surface area contributed by atoms with E-state index in [0.29, 0.717) is 5.92 Å². The molecule has 0 saturated heterocycles. The van der Waals surface area contributed by atoms with Crippen molar-refractivity contribution in [1.29, 1.82) is 0 Å². The molecule has 0 aliphatic carbocycles. The minimum Gasteiger partial charge on any atom is -0.494 e. The Morgan fingerprint density at radius 1 is 1.17 bits per heavy atom. The van der Waals surface area contributed by atoms with Crippen LogP contribution in [0.3, 0.4) is 0 Å². The summed E-state index contributed by atoms with van der Waals surface area (Å²) in [6.45, 7) is 11.5. The van der Waals surface area contributed by atoms with E-state index in [1.165, 1.54) is 23.1 Å². The lowest BCUT2D eigenvalue weighted by Crippen LogP contribution is -2.03.